The predicted molar refractivity (Wildman–Crippen MR) is 210 cm³/mol. The van der Waals surface area contributed by atoms with Crippen LogP contribution in [0, 0.1) is 0 Å². The van der Waals surface area contributed by atoms with Gasteiger partial charge < -0.3 is 34.7 Å². The second kappa shape index (κ2) is 16.9. The molecule has 3 N–H and O–H groups in total. The third kappa shape index (κ3) is 8.46. The number of aromatic nitrogens is 2. The Morgan fingerprint density at radius 3 is 2.29 bits per heavy atom. The van der Waals surface area contributed by atoms with Gasteiger partial charge in [0.25, 0.3) is 0 Å². The zero-order chi connectivity index (χ0) is 40.4. The van der Waals surface area contributed by atoms with Gasteiger partial charge in [0, 0.05) is 50.7 Å². The maximum atomic E-state index is 13.2. The number of hydrogen-bond donors (Lipinski definition) is 3. The molecular weight excluding hydrogens is 752 g/mol. The zero-order valence-corrected chi connectivity index (χ0v) is 31.9. The Morgan fingerprint density at radius 1 is 0.845 bits per heavy atom. The van der Waals surface area contributed by atoms with Gasteiger partial charge in [0.2, 0.25) is 5.91 Å². The van der Waals surface area contributed by atoms with Gasteiger partial charge in [0.15, 0.2) is 6.29 Å². The van der Waals surface area contributed by atoms with E-state index in [9.17, 15) is 32.7 Å². The molecule has 0 spiro atoms. The molecule has 4 atom stereocenters. The summed E-state index contributed by atoms with van der Waals surface area (Å²) in [5.41, 5.74) is 6.79. The molecule has 3 aliphatic rings. The second-order valence-electron chi connectivity index (χ2n) is 15.4. The van der Waals surface area contributed by atoms with Crippen molar-refractivity contribution in [3.8, 4) is 11.1 Å². The lowest BCUT2D eigenvalue weighted by molar-refractivity contribution is -0.253. The number of amides is 2. The number of carbonyl (C=O) groups excluding carboxylic acids is 2. The number of aromatic amines is 1. The van der Waals surface area contributed by atoms with Gasteiger partial charge in [0.1, 0.15) is 6.04 Å². The van der Waals surface area contributed by atoms with Crippen LogP contribution in [0.4, 0.5) is 13.2 Å². The molecule has 2 amide bonds. The van der Waals surface area contributed by atoms with E-state index in [0.29, 0.717) is 24.3 Å². The van der Waals surface area contributed by atoms with Crippen LogP contribution >= 0.6 is 0 Å². The lowest BCUT2D eigenvalue weighted by atomic mass is 9.97. The third-order valence-electron chi connectivity index (χ3n) is 11.6. The maximum Gasteiger partial charge on any atom is 0.471 e. The van der Waals surface area contributed by atoms with Gasteiger partial charge in [-0.1, -0.05) is 84.9 Å². The Kier molecular flexibility index (Phi) is 11.5. The fourth-order valence-corrected chi connectivity index (χ4v) is 8.64. The number of carbonyl (C=O) groups is 2. The van der Waals surface area contributed by atoms with Crippen LogP contribution < -0.4 is 11.0 Å². The molecule has 4 aromatic carbocycles. The monoisotopic (exact) mass is 797 g/mol. The number of rotatable bonds is 10. The van der Waals surface area contributed by atoms with Gasteiger partial charge >= 0.3 is 17.8 Å². The summed E-state index contributed by atoms with van der Waals surface area (Å²) in [4.78, 5) is 43.8. The van der Waals surface area contributed by atoms with Crippen LogP contribution in [0.5, 0.6) is 0 Å². The third-order valence-corrected chi connectivity index (χ3v) is 11.6. The molecule has 5 aromatic rings. The number of H-pyrrole nitrogens is 1. The van der Waals surface area contributed by atoms with Crippen molar-refractivity contribution in [1.82, 2.24) is 24.7 Å². The van der Waals surface area contributed by atoms with E-state index in [0.717, 1.165) is 70.3 Å². The molecule has 8 rings (SSSR count). The van der Waals surface area contributed by atoms with Crippen molar-refractivity contribution in [2.75, 3.05) is 26.2 Å². The number of halogens is 3. The number of likely N-dealkylation sites (tertiary alicyclic amines) is 2. The van der Waals surface area contributed by atoms with Crippen molar-refractivity contribution in [3.05, 3.63) is 130 Å². The van der Waals surface area contributed by atoms with Gasteiger partial charge in [-0.05, 0) is 65.6 Å². The Labute approximate surface area is 333 Å². The molecule has 11 nitrogen and oxygen atoms in total. The minimum Gasteiger partial charge on any atom is -0.392 e. The van der Waals surface area contributed by atoms with Crippen molar-refractivity contribution in [2.45, 2.75) is 82.0 Å². The average Bonchev–Trinajstić information content (AvgIpc) is 3.87. The highest BCUT2D eigenvalue weighted by Gasteiger charge is 2.47. The van der Waals surface area contributed by atoms with E-state index in [1.54, 1.807) is 0 Å². The Balaban J connectivity index is 0.951. The Bertz CT molecular complexity index is 2280. The van der Waals surface area contributed by atoms with Crippen molar-refractivity contribution in [2.24, 2.45) is 0 Å². The van der Waals surface area contributed by atoms with E-state index in [4.69, 9.17) is 9.47 Å². The number of para-hydroxylation sites is 2. The molecule has 304 valence electrons. The number of aliphatic hydroxyl groups is 1. The first-order chi connectivity index (χ1) is 28.1. The summed E-state index contributed by atoms with van der Waals surface area (Å²) < 4.78 is 54.6. The molecule has 0 bridgehead atoms. The molecule has 1 aromatic heterocycles. The maximum absolute atomic E-state index is 13.2. The number of nitrogens with one attached hydrogen (secondary N) is 2. The summed E-state index contributed by atoms with van der Waals surface area (Å²) in [6.45, 7) is 2.24. The molecule has 58 heavy (non-hydrogen) atoms. The minimum absolute atomic E-state index is 0.0509. The number of alkyl halides is 3. The highest BCUT2D eigenvalue weighted by molar-refractivity contribution is 5.90. The lowest BCUT2D eigenvalue weighted by Crippen LogP contribution is -2.50. The largest absolute Gasteiger partial charge is 0.471 e. The van der Waals surface area contributed by atoms with E-state index >= 15 is 0 Å². The number of piperidine rings is 1. The number of fused-ring (bicyclic) bond motifs is 1. The lowest BCUT2D eigenvalue weighted by Gasteiger charge is -2.40. The molecule has 3 fully saturated rings. The van der Waals surface area contributed by atoms with Crippen LogP contribution in [0.25, 0.3) is 22.2 Å². The van der Waals surface area contributed by atoms with E-state index in [2.05, 4.69) is 15.2 Å². The van der Waals surface area contributed by atoms with Gasteiger partial charge in [-0.2, -0.15) is 13.2 Å². The highest BCUT2D eigenvalue weighted by atomic mass is 19.4. The number of ether oxygens (including phenoxy) is 2. The summed E-state index contributed by atoms with van der Waals surface area (Å²) >= 11 is 0. The number of aliphatic hydroxyl groups excluding tert-OH is 1. The minimum atomic E-state index is -5.04. The molecule has 0 saturated carbocycles. The SMILES string of the molecule is O=C(NCc1ccccc1-c1ccc([C@H]2O[C@@H](CN3CCC(n4c(=O)[nH]c5ccccc54)CC3)C[C@@H](c3ccc(CO)cc3)O2)cc1)[C@@H]1CCCN1C(=O)C(F)(F)F. The van der Waals surface area contributed by atoms with Crippen LogP contribution in [-0.4, -0.2) is 80.8 Å². The number of hydrogen-bond acceptors (Lipinski definition) is 7. The quantitative estimate of drug-likeness (QED) is 0.147. The molecule has 0 aliphatic carbocycles. The van der Waals surface area contributed by atoms with Crippen molar-refractivity contribution >= 4 is 22.8 Å². The molecule has 4 heterocycles. The van der Waals surface area contributed by atoms with Crippen LogP contribution in [0.2, 0.25) is 0 Å². The van der Waals surface area contributed by atoms with Gasteiger partial charge in [-0.15, -0.1) is 0 Å². The van der Waals surface area contributed by atoms with Crippen molar-refractivity contribution < 1.29 is 37.3 Å². The first-order valence-electron chi connectivity index (χ1n) is 19.8. The topological polar surface area (TPSA) is 129 Å². The zero-order valence-electron chi connectivity index (χ0n) is 31.9. The standard InChI is InChI=1S/C44H46F3N5O6/c45-44(46,47)42(55)51-21-5-10-38(51)40(54)48-25-32-6-1-2-7-35(32)29-15-17-31(18-16-29)41-57-34(24-39(58-41)30-13-11-28(27-53)12-14-30)26-50-22-19-33(20-23-50)52-37-9-4-3-8-36(37)49-43(52)56/h1-4,6-9,11-18,33-34,38-39,41,53H,5,10,19-27H2,(H,48,54)(H,49,56)/t34-,38+,39+,41+/m1/s1. The van der Waals surface area contributed by atoms with E-state index < -0.39 is 30.3 Å². The molecule has 0 unspecified atom stereocenters. The molecular formula is C44H46F3N5O6. The molecule has 14 heteroatoms. The number of imidazole rings is 1. The molecule has 3 aliphatic heterocycles. The molecule has 0 radical (unpaired) electrons. The average molecular weight is 798 g/mol. The first kappa shape index (κ1) is 39.5. The fourth-order valence-electron chi connectivity index (χ4n) is 8.64. The van der Waals surface area contributed by atoms with Crippen LogP contribution in [0.3, 0.4) is 0 Å². The van der Waals surface area contributed by atoms with E-state index in [-0.39, 0.29) is 50.1 Å². The first-order valence-corrected chi connectivity index (χ1v) is 19.8. The van der Waals surface area contributed by atoms with Gasteiger partial charge in [-0.3, -0.25) is 14.2 Å². The highest BCUT2D eigenvalue weighted by Crippen LogP contribution is 2.39. The smallest absolute Gasteiger partial charge is 0.392 e. The summed E-state index contributed by atoms with van der Waals surface area (Å²) in [6.07, 6.45) is -3.31. The van der Waals surface area contributed by atoms with Crippen molar-refractivity contribution in [3.63, 3.8) is 0 Å². The predicted octanol–water partition coefficient (Wildman–Crippen LogP) is 6.54. The summed E-state index contributed by atoms with van der Waals surface area (Å²) in [5.74, 6) is -2.61. The normalized spacial score (nSPS) is 22.0. The fraction of sp³-hybridized carbons (Fsp3) is 0.386. The second-order valence-corrected chi connectivity index (χ2v) is 15.4. The van der Waals surface area contributed by atoms with Gasteiger partial charge in [0.05, 0.1) is 29.8 Å². The van der Waals surface area contributed by atoms with E-state index in [1.165, 1.54) is 0 Å². The summed E-state index contributed by atoms with van der Waals surface area (Å²) in [7, 11) is 0. The van der Waals surface area contributed by atoms with Crippen molar-refractivity contribution in [1.29, 1.82) is 0 Å². The van der Waals surface area contributed by atoms with Gasteiger partial charge in [-0.25, -0.2) is 4.79 Å². The number of benzene rings is 4. The Morgan fingerprint density at radius 2 is 1.55 bits per heavy atom. The van der Waals surface area contributed by atoms with Crippen LogP contribution in [-0.2, 0) is 32.2 Å². The van der Waals surface area contributed by atoms with Crippen LogP contribution in [0.15, 0.2) is 102 Å². The Hall–Kier alpha value is -5.28. The number of nitrogens with zero attached hydrogens (tertiary/aromatic N) is 3. The molecule has 3 saturated heterocycles. The van der Waals surface area contributed by atoms with E-state index in [1.807, 2.05) is 102 Å². The summed E-state index contributed by atoms with van der Waals surface area (Å²) in [6, 6.07) is 29.8. The summed E-state index contributed by atoms with van der Waals surface area (Å²) in [5, 5.41) is 12.4. The van der Waals surface area contributed by atoms with Crippen LogP contribution in [0.1, 0.15) is 72.8 Å².